The van der Waals surface area contributed by atoms with Crippen molar-refractivity contribution in [2.24, 2.45) is 5.92 Å². The summed E-state index contributed by atoms with van der Waals surface area (Å²) in [4.78, 5) is 40.5. The number of dihydropyridines is 1. The van der Waals surface area contributed by atoms with Crippen LogP contribution in [-0.2, 0) is 23.9 Å². The first-order valence-corrected chi connectivity index (χ1v) is 11.8. The van der Waals surface area contributed by atoms with E-state index >= 15 is 0 Å². The van der Waals surface area contributed by atoms with Crippen LogP contribution in [0, 0.1) is 5.92 Å². The van der Waals surface area contributed by atoms with Crippen LogP contribution >= 0.6 is 34.5 Å². The first kappa shape index (κ1) is 23.5. The number of allylic oxidation sites excluding steroid dienone is 3. The second-order valence-electron chi connectivity index (χ2n) is 7.81. The molecule has 9 heteroatoms. The topological polar surface area (TPSA) is 81.7 Å². The van der Waals surface area contributed by atoms with E-state index in [2.05, 4.69) is 5.32 Å². The number of benzene rings is 1. The highest BCUT2D eigenvalue weighted by atomic mass is 35.5. The van der Waals surface area contributed by atoms with Gasteiger partial charge in [-0.3, -0.25) is 9.59 Å². The van der Waals surface area contributed by atoms with Gasteiger partial charge in [0.25, 0.3) is 0 Å². The third kappa shape index (κ3) is 3.98. The molecule has 1 aromatic carbocycles. The summed E-state index contributed by atoms with van der Waals surface area (Å²) in [5.41, 5.74) is 2.23. The van der Waals surface area contributed by atoms with Crippen LogP contribution in [0.3, 0.4) is 0 Å². The number of nitrogens with one attached hydrogen (secondary N) is 1. The Labute approximate surface area is 205 Å². The van der Waals surface area contributed by atoms with Gasteiger partial charge in [-0.15, -0.1) is 11.3 Å². The lowest BCUT2D eigenvalue weighted by molar-refractivity contribution is -0.149. The van der Waals surface area contributed by atoms with E-state index in [1.165, 1.54) is 25.6 Å². The summed E-state index contributed by atoms with van der Waals surface area (Å²) in [5.74, 6) is -3.92. The number of carbonyl (C=O) groups is 3. The molecular formula is C24H21Cl2NO5S. The molecule has 1 aliphatic carbocycles. The van der Waals surface area contributed by atoms with Crippen molar-refractivity contribution in [3.63, 3.8) is 0 Å². The molecule has 4 rings (SSSR count). The van der Waals surface area contributed by atoms with Crippen molar-refractivity contribution in [2.75, 3.05) is 14.2 Å². The summed E-state index contributed by atoms with van der Waals surface area (Å²) in [6.07, 6.45) is 0.391. The summed E-state index contributed by atoms with van der Waals surface area (Å²) < 4.78 is 10.1. The van der Waals surface area contributed by atoms with Crippen molar-refractivity contribution in [1.29, 1.82) is 0 Å². The zero-order chi connectivity index (χ0) is 23.9. The molecule has 2 aromatic rings. The highest BCUT2D eigenvalue weighted by Gasteiger charge is 2.49. The van der Waals surface area contributed by atoms with Crippen molar-refractivity contribution in [3.8, 4) is 0 Å². The molecule has 0 unspecified atom stereocenters. The SMILES string of the molecule is COC(=O)C1=C(C)NC2=C(C(=O)[C@H](C(=O)OC)[C@@H](c3cccs3)C2)[C@@H]1c1cccc(Cl)c1Cl. The Bertz CT molecular complexity index is 1200. The van der Waals surface area contributed by atoms with E-state index in [-0.39, 0.29) is 16.5 Å². The molecule has 0 fully saturated rings. The minimum absolute atomic E-state index is 0.231. The van der Waals surface area contributed by atoms with Crippen molar-refractivity contribution >= 4 is 52.3 Å². The number of ether oxygens (including phenoxy) is 2. The number of thiophene rings is 1. The molecule has 0 radical (unpaired) electrons. The van der Waals surface area contributed by atoms with Gasteiger partial charge in [-0.05, 0) is 36.4 Å². The third-order valence-corrected chi connectivity index (χ3v) is 7.92. The Morgan fingerprint density at radius 1 is 1.12 bits per heavy atom. The van der Waals surface area contributed by atoms with E-state index in [0.717, 1.165) is 4.88 Å². The van der Waals surface area contributed by atoms with Crippen molar-refractivity contribution in [2.45, 2.75) is 25.2 Å². The number of esters is 2. The number of hydrogen-bond acceptors (Lipinski definition) is 7. The molecule has 2 heterocycles. The van der Waals surface area contributed by atoms with Crippen LogP contribution in [0.15, 0.2) is 58.3 Å². The predicted octanol–water partition coefficient (Wildman–Crippen LogP) is 4.99. The Hall–Kier alpha value is -2.61. The van der Waals surface area contributed by atoms with Gasteiger partial charge in [-0.2, -0.15) is 0 Å². The van der Waals surface area contributed by atoms with Gasteiger partial charge in [0.2, 0.25) is 0 Å². The standard InChI is InChI=1S/C24H21Cl2NO5S/c1-11-17(23(29)31-2)18(12-6-4-7-14(25)21(12)26)20-15(27-11)10-13(16-8-5-9-33-16)19(22(20)28)24(30)32-3/h4-9,13,18-19,27H,10H2,1-3H3/t13-,18-,19-/m1/s1. The highest BCUT2D eigenvalue weighted by molar-refractivity contribution is 7.10. The zero-order valence-electron chi connectivity index (χ0n) is 18.1. The van der Waals surface area contributed by atoms with E-state index < -0.39 is 29.6 Å². The molecule has 1 aromatic heterocycles. The molecule has 33 heavy (non-hydrogen) atoms. The number of Topliss-reactive ketones (excluding diaryl/α,β-unsaturated/α-hetero) is 1. The maximum atomic E-state index is 14.0. The third-order valence-electron chi connectivity index (χ3n) is 6.08. The van der Waals surface area contributed by atoms with Crippen molar-refractivity contribution < 1.29 is 23.9 Å². The second-order valence-corrected chi connectivity index (χ2v) is 9.58. The predicted molar refractivity (Wildman–Crippen MR) is 126 cm³/mol. The van der Waals surface area contributed by atoms with Crippen LogP contribution in [0.25, 0.3) is 0 Å². The molecule has 1 N–H and O–H groups in total. The molecule has 0 amide bonds. The largest absolute Gasteiger partial charge is 0.468 e. The van der Waals surface area contributed by atoms with Gasteiger partial charge in [0, 0.05) is 33.7 Å². The van der Waals surface area contributed by atoms with E-state index in [0.29, 0.717) is 34.0 Å². The van der Waals surface area contributed by atoms with Crippen LogP contribution in [0.1, 0.15) is 35.6 Å². The summed E-state index contributed by atoms with van der Waals surface area (Å²) in [6, 6.07) is 8.84. The molecule has 6 nitrogen and oxygen atoms in total. The van der Waals surface area contributed by atoms with Crippen molar-refractivity contribution in [1.82, 2.24) is 5.32 Å². The fraction of sp³-hybridized carbons (Fsp3) is 0.292. The normalized spacial score (nSPS) is 22.6. The van der Waals surface area contributed by atoms with Gasteiger partial charge >= 0.3 is 11.9 Å². The lowest BCUT2D eigenvalue weighted by atomic mass is 9.68. The first-order chi connectivity index (χ1) is 15.8. The first-order valence-electron chi connectivity index (χ1n) is 10.2. The number of halogens is 2. The number of hydrogen-bond donors (Lipinski definition) is 1. The summed E-state index contributed by atoms with van der Waals surface area (Å²) in [5, 5.41) is 5.66. The maximum Gasteiger partial charge on any atom is 0.336 e. The van der Waals surface area contributed by atoms with Crippen molar-refractivity contribution in [3.05, 3.63) is 78.7 Å². The van der Waals surface area contributed by atoms with Gasteiger partial charge in [0.1, 0.15) is 5.92 Å². The van der Waals surface area contributed by atoms with Crippen LogP contribution in [0.2, 0.25) is 10.0 Å². The van der Waals surface area contributed by atoms with Gasteiger partial charge in [0.15, 0.2) is 5.78 Å². The lowest BCUT2D eigenvalue weighted by Gasteiger charge is -2.39. The zero-order valence-corrected chi connectivity index (χ0v) is 20.4. The number of rotatable bonds is 4. The van der Waals surface area contributed by atoms with E-state index in [1.54, 1.807) is 25.1 Å². The number of methoxy groups -OCH3 is 2. The maximum absolute atomic E-state index is 14.0. The molecule has 0 saturated carbocycles. The quantitative estimate of drug-likeness (QED) is 0.465. The molecule has 0 bridgehead atoms. The molecule has 0 saturated heterocycles. The fourth-order valence-electron chi connectivity index (χ4n) is 4.64. The summed E-state index contributed by atoms with van der Waals surface area (Å²) in [6.45, 7) is 1.75. The number of ketones is 1. The monoisotopic (exact) mass is 505 g/mol. The van der Waals surface area contributed by atoms with Gasteiger partial charge in [0.05, 0.1) is 29.8 Å². The van der Waals surface area contributed by atoms with Crippen LogP contribution in [0.5, 0.6) is 0 Å². The van der Waals surface area contributed by atoms with Gasteiger partial charge < -0.3 is 14.8 Å². The minimum Gasteiger partial charge on any atom is -0.468 e. The van der Waals surface area contributed by atoms with Crippen LogP contribution < -0.4 is 5.32 Å². The van der Waals surface area contributed by atoms with E-state index in [4.69, 9.17) is 32.7 Å². The average Bonchev–Trinajstić information content (AvgIpc) is 3.34. The summed E-state index contributed by atoms with van der Waals surface area (Å²) >= 11 is 14.3. The molecule has 2 aliphatic rings. The molecule has 0 spiro atoms. The summed E-state index contributed by atoms with van der Waals surface area (Å²) in [7, 11) is 2.54. The Morgan fingerprint density at radius 2 is 1.88 bits per heavy atom. The van der Waals surface area contributed by atoms with Crippen LogP contribution in [0.4, 0.5) is 0 Å². The average molecular weight is 506 g/mol. The Morgan fingerprint density at radius 3 is 2.52 bits per heavy atom. The Balaban J connectivity index is 1.95. The highest BCUT2D eigenvalue weighted by Crippen LogP contribution is 2.50. The fourth-order valence-corrected chi connectivity index (χ4v) is 5.92. The van der Waals surface area contributed by atoms with E-state index in [1.807, 2.05) is 17.5 Å². The number of carbonyl (C=O) groups excluding carboxylic acids is 3. The van der Waals surface area contributed by atoms with Gasteiger partial charge in [-0.25, -0.2) is 4.79 Å². The van der Waals surface area contributed by atoms with Crippen LogP contribution in [-0.4, -0.2) is 31.9 Å². The molecule has 1 aliphatic heterocycles. The van der Waals surface area contributed by atoms with Gasteiger partial charge in [-0.1, -0.05) is 41.4 Å². The minimum atomic E-state index is -1.05. The molecule has 172 valence electrons. The van der Waals surface area contributed by atoms with E-state index in [9.17, 15) is 14.4 Å². The Kier molecular flexibility index (Phi) is 6.66. The lowest BCUT2D eigenvalue weighted by Crippen LogP contribution is -2.43. The second kappa shape index (κ2) is 9.33. The smallest absolute Gasteiger partial charge is 0.336 e. The molecule has 3 atom stereocenters. The molecular weight excluding hydrogens is 485 g/mol.